The van der Waals surface area contributed by atoms with Gasteiger partial charge in [-0.1, -0.05) is 59.4 Å². The van der Waals surface area contributed by atoms with Crippen LogP contribution < -0.4 is 10.6 Å². The molecule has 150 valence electrons. The number of nitrogens with one attached hydrogen (secondary N) is 2. The zero-order chi connectivity index (χ0) is 20.6. The molecule has 0 aliphatic rings. The molecule has 0 aliphatic carbocycles. The van der Waals surface area contributed by atoms with Crippen molar-refractivity contribution in [3.05, 3.63) is 75.7 Å². The van der Waals surface area contributed by atoms with Gasteiger partial charge in [0.25, 0.3) is 5.91 Å². The molecular formula is C22H24N4O2S. The van der Waals surface area contributed by atoms with E-state index in [1.165, 1.54) is 11.3 Å². The molecule has 1 atom stereocenters. The Morgan fingerprint density at radius 3 is 2.48 bits per heavy atom. The Hall–Kier alpha value is -3.06. The third-order valence-electron chi connectivity index (χ3n) is 4.44. The van der Waals surface area contributed by atoms with Gasteiger partial charge in [0.2, 0.25) is 10.9 Å². The summed E-state index contributed by atoms with van der Waals surface area (Å²) in [6, 6.07) is 17.4. The lowest BCUT2D eigenvalue weighted by molar-refractivity contribution is -0.121. The van der Waals surface area contributed by atoms with Crippen molar-refractivity contribution in [1.29, 1.82) is 0 Å². The maximum atomic E-state index is 12.3. The minimum Gasteiger partial charge on any atom is -0.350 e. The van der Waals surface area contributed by atoms with Gasteiger partial charge in [0.1, 0.15) is 5.01 Å². The second-order valence-corrected chi connectivity index (χ2v) is 7.94. The van der Waals surface area contributed by atoms with Crippen molar-refractivity contribution < 1.29 is 9.59 Å². The van der Waals surface area contributed by atoms with Gasteiger partial charge in [-0.2, -0.15) is 0 Å². The van der Waals surface area contributed by atoms with E-state index in [1.807, 2.05) is 68.4 Å². The standard InChI is InChI=1S/C22H24N4O2S/c1-15-11-13-18(14-12-15)24-21(28)22-26-25-20(29-22)10-6-9-19(27)23-16(2)17-7-4-3-5-8-17/h3-5,7-8,11-14,16H,6,9-10H2,1-2H3,(H,23,27)(H,24,28). The molecule has 3 aromatic rings. The smallest absolute Gasteiger partial charge is 0.286 e. The summed E-state index contributed by atoms with van der Waals surface area (Å²) in [4.78, 5) is 24.4. The predicted molar refractivity (Wildman–Crippen MR) is 115 cm³/mol. The first-order chi connectivity index (χ1) is 14.0. The molecule has 0 bridgehead atoms. The van der Waals surface area contributed by atoms with E-state index in [0.717, 1.165) is 21.8 Å². The van der Waals surface area contributed by atoms with Gasteiger partial charge in [-0.3, -0.25) is 9.59 Å². The van der Waals surface area contributed by atoms with Gasteiger partial charge in [0.05, 0.1) is 6.04 Å². The fraction of sp³-hybridized carbons (Fsp3) is 0.273. The van der Waals surface area contributed by atoms with E-state index < -0.39 is 0 Å². The average Bonchev–Trinajstić information content (AvgIpc) is 3.19. The summed E-state index contributed by atoms with van der Waals surface area (Å²) in [7, 11) is 0. The highest BCUT2D eigenvalue weighted by Gasteiger charge is 2.14. The van der Waals surface area contributed by atoms with E-state index in [2.05, 4.69) is 20.8 Å². The first-order valence-corrected chi connectivity index (χ1v) is 10.4. The molecule has 0 spiro atoms. The van der Waals surface area contributed by atoms with Crippen LogP contribution in [0.25, 0.3) is 0 Å². The second-order valence-electron chi connectivity index (χ2n) is 6.87. The maximum absolute atomic E-state index is 12.3. The summed E-state index contributed by atoms with van der Waals surface area (Å²) in [6.07, 6.45) is 1.67. The molecule has 0 saturated carbocycles. The number of anilines is 1. The molecule has 2 aromatic carbocycles. The van der Waals surface area contributed by atoms with Crippen LogP contribution in [0.4, 0.5) is 5.69 Å². The quantitative estimate of drug-likeness (QED) is 0.582. The number of amides is 2. The van der Waals surface area contributed by atoms with Crippen molar-refractivity contribution in [3.63, 3.8) is 0 Å². The Kier molecular flexibility index (Phi) is 7.08. The number of carbonyl (C=O) groups excluding carboxylic acids is 2. The SMILES string of the molecule is Cc1ccc(NC(=O)c2nnc(CCCC(=O)NC(C)c3ccccc3)s2)cc1. The lowest BCUT2D eigenvalue weighted by Gasteiger charge is -2.14. The zero-order valence-electron chi connectivity index (χ0n) is 16.5. The van der Waals surface area contributed by atoms with Gasteiger partial charge < -0.3 is 10.6 Å². The highest BCUT2D eigenvalue weighted by atomic mass is 32.1. The zero-order valence-corrected chi connectivity index (χ0v) is 17.3. The predicted octanol–water partition coefficient (Wildman–Crippen LogP) is 4.30. The van der Waals surface area contributed by atoms with Crippen LogP contribution in [0.1, 0.15) is 51.7 Å². The van der Waals surface area contributed by atoms with Crippen LogP contribution in [0.2, 0.25) is 0 Å². The number of benzene rings is 2. The summed E-state index contributed by atoms with van der Waals surface area (Å²) in [5.41, 5.74) is 2.93. The third-order valence-corrected chi connectivity index (χ3v) is 5.42. The van der Waals surface area contributed by atoms with Crippen LogP contribution in [-0.4, -0.2) is 22.0 Å². The maximum Gasteiger partial charge on any atom is 0.286 e. The number of rotatable bonds is 8. The first-order valence-electron chi connectivity index (χ1n) is 9.56. The van der Waals surface area contributed by atoms with Gasteiger partial charge >= 0.3 is 0 Å². The van der Waals surface area contributed by atoms with Crippen molar-refractivity contribution in [3.8, 4) is 0 Å². The van der Waals surface area contributed by atoms with Crippen LogP contribution in [0.3, 0.4) is 0 Å². The molecule has 2 amide bonds. The molecule has 1 unspecified atom stereocenters. The van der Waals surface area contributed by atoms with Crippen LogP contribution in [0.15, 0.2) is 54.6 Å². The van der Waals surface area contributed by atoms with Crippen LogP contribution in [0.5, 0.6) is 0 Å². The van der Waals surface area contributed by atoms with Crippen molar-refractivity contribution in [1.82, 2.24) is 15.5 Å². The highest BCUT2D eigenvalue weighted by Crippen LogP contribution is 2.16. The fourth-order valence-electron chi connectivity index (χ4n) is 2.81. The number of aryl methyl sites for hydroxylation is 2. The number of aromatic nitrogens is 2. The molecular weight excluding hydrogens is 384 g/mol. The first kappa shape index (κ1) is 20.7. The van der Waals surface area contributed by atoms with Gasteiger partial charge in [-0.05, 0) is 38.0 Å². The number of nitrogens with zero attached hydrogens (tertiary/aromatic N) is 2. The monoisotopic (exact) mass is 408 g/mol. The lowest BCUT2D eigenvalue weighted by atomic mass is 10.1. The lowest BCUT2D eigenvalue weighted by Crippen LogP contribution is -2.26. The molecule has 0 aliphatic heterocycles. The molecule has 2 N–H and O–H groups in total. The Morgan fingerprint density at radius 2 is 1.76 bits per heavy atom. The van der Waals surface area contributed by atoms with E-state index in [4.69, 9.17) is 0 Å². The summed E-state index contributed by atoms with van der Waals surface area (Å²) in [5.74, 6) is -0.268. The van der Waals surface area contributed by atoms with E-state index >= 15 is 0 Å². The highest BCUT2D eigenvalue weighted by molar-refractivity contribution is 7.13. The van der Waals surface area contributed by atoms with Gasteiger partial charge in [0.15, 0.2) is 0 Å². The second kappa shape index (κ2) is 9.93. The molecule has 0 radical (unpaired) electrons. The van der Waals surface area contributed by atoms with Crippen molar-refractivity contribution in [2.45, 2.75) is 39.2 Å². The van der Waals surface area contributed by atoms with Gasteiger partial charge in [0, 0.05) is 18.5 Å². The van der Waals surface area contributed by atoms with Crippen LogP contribution >= 0.6 is 11.3 Å². The fourth-order valence-corrected chi connectivity index (χ4v) is 3.58. The summed E-state index contributed by atoms with van der Waals surface area (Å²) in [6.45, 7) is 3.96. The number of hydrogen-bond donors (Lipinski definition) is 2. The van der Waals surface area contributed by atoms with E-state index in [1.54, 1.807) is 0 Å². The van der Waals surface area contributed by atoms with Crippen molar-refractivity contribution in [2.75, 3.05) is 5.32 Å². The molecule has 7 heteroatoms. The van der Waals surface area contributed by atoms with Crippen molar-refractivity contribution >= 4 is 28.8 Å². The number of hydrogen-bond acceptors (Lipinski definition) is 5. The van der Waals surface area contributed by atoms with E-state index in [9.17, 15) is 9.59 Å². The Balaban J connectivity index is 1.43. The molecule has 3 rings (SSSR count). The van der Waals surface area contributed by atoms with Gasteiger partial charge in [-0.15, -0.1) is 10.2 Å². The van der Waals surface area contributed by atoms with Crippen LogP contribution in [0, 0.1) is 6.92 Å². The Bertz CT molecular complexity index is 954. The normalized spacial score (nSPS) is 11.7. The van der Waals surface area contributed by atoms with E-state index in [0.29, 0.717) is 24.3 Å². The van der Waals surface area contributed by atoms with E-state index in [-0.39, 0.29) is 17.9 Å². The minimum atomic E-state index is -0.271. The topological polar surface area (TPSA) is 84.0 Å². The molecule has 0 fully saturated rings. The molecule has 1 aromatic heterocycles. The minimum absolute atomic E-state index is 0.00297. The molecule has 1 heterocycles. The summed E-state index contributed by atoms with van der Waals surface area (Å²) >= 11 is 1.26. The molecule has 29 heavy (non-hydrogen) atoms. The molecule has 6 nitrogen and oxygen atoms in total. The van der Waals surface area contributed by atoms with Crippen molar-refractivity contribution in [2.24, 2.45) is 0 Å². The Labute approximate surface area is 174 Å². The third kappa shape index (κ3) is 6.22. The summed E-state index contributed by atoms with van der Waals surface area (Å²) in [5, 5.41) is 14.9. The summed E-state index contributed by atoms with van der Waals surface area (Å²) < 4.78 is 0. The average molecular weight is 409 g/mol. The van der Waals surface area contributed by atoms with Gasteiger partial charge in [-0.25, -0.2) is 0 Å². The molecule has 0 saturated heterocycles. The Morgan fingerprint density at radius 1 is 1.03 bits per heavy atom. The number of carbonyl (C=O) groups is 2. The largest absolute Gasteiger partial charge is 0.350 e. The van der Waals surface area contributed by atoms with Crippen LogP contribution in [-0.2, 0) is 11.2 Å².